The highest BCUT2D eigenvalue weighted by molar-refractivity contribution is 7.14. The summed E-state index contributed by atoms with van der Waals surface area (Å²) in [6, 6.07) is 0.326. The molecule has 1 atom stereocenters. The van der Waals surface area contributed by atoms with Gasteiger partial charge in [-0.3, -0.25) is 9.59 Å². The van der Waals surface area contributed by atoms with E-state index < -0.39 is 0 Å². The van der Waals surface area contributed by atoms with Crippen LogP contribution in [0.25, 0.3) is 0 Å². The number of thiazole rings is 1. The molecule has 1 aromatic rings. The van der Waals surface area contributed by atoms with Crippen molar-refractivity contribution < 1.29 is 9.59 Å². The van der Waals surface area contributed by atoms with Gasteiger partial charge in [0, 0.05) is 24.9 Å². The molecule has 0 aliphatic carbocycles. The summed E-state index contributed by atoms with van der Waals surface area (Å²) in [5, 5.41) is 4.81. The maximum atomic E-state index is 12.4. The van der Waals surface area contributed by atoms with Crippen LogP contribution in [0, 0.1) is 0 Å². The highest BCUT2D eigenvalue weighted by atomic mass is 32.1. The number of aromatic nitrogens is 1. The van der Waals surface area contributed by atoms with Crippen molar-refractivity contribution in [3.8, 4) is 0 Å². The zero-order chi connectivity index (χ0) is 13.8. The standard InChI is InChI=1S/C13H19N3O2S/c1-3-10-6-4-5-7-16(10)12(18)11-8-19-13(15-11)14-9(2)17/h8,10H,3-7H2,1-2H3,(H,14,15,17)/t10-/m1/s1. The third-order valence-corrected chi connectivity index (χ3v) is 4.12. The molecule has 1 fully saturated rings. The van der Waals surface area contributed by atoms with Crippen molar-refractivity contribution in [1.29, 1.82) is 0 Å². The molecule has 1 N–H and O–H groups in total. The van der Waals surface area contributed by atoms with Crippen molar-refractivity contribution in [2.24, 2.45) is 0 Å². The smallest absolute Gasteiger partial charge is 0.273 e. The van der Waals surface area contributed by atoms with Gasteiger partial charge in [0.1, 0.15) is 5.69 Å². The number of hydrogen-bond acceptors (Lipinski definition) is 4. The number of carbonyl (C=O) groups excluding carboxylic acids is 2. The molecule has 0 unspecified atom stereocenters. The van der Waals surface area contributed by atoms with E-state index in [1.807, 2.05) is 4.90 Å². The molecule has 0 aromatic carbocycles. The molecule has 1 saturated heterocycles. The fourth-order valence-corrected chi connectivity index (χ4v) is 3.15. The van der Waals surface area contributed by atoms with Gasteiger partial charge in [-0.15, -0.1) is 11.3 Å². The molecule has 0 saturated carbocycles. The van der Waals surface area contributed by atoms with Crippen molar-refractivity contribution in [3.63, 3.8) is 0 Å². The Hall–Kier alpha value is -1.43. The van der Waals surface area contributed by atoms with Gasteiger partial charge in [0.25, 0.3) is 5.91 Å². The minimum atomic E-state index is -0.169. The van der Waals surface area contributed by atoms with Gasteiger partial charge in [-0.1, -0.05) is 6.92 Å². The number of amides is 2. The van der Waals surface area contributed by atoms with Crippen LogP contribution in [-0.4, -0.2) is 34.3 Å². The van der Waals surface area contributed by atoms with E-state index in [9.17, 15) is 9.59 Å². The Morgan fingerprint density at radius 3 is 3.00 bits per heavy atom. The van der Waals surface area contributed by atoms with Crippen LogP contribution in [-0.2, 0) is 4.79 Å². The molecule has 0 radical (unpaired) electrons. The third kappa shape index (κ3) is 3.32. The van der Waals surface area contributed by atoms with Gasteiger partial charge in [-0.25, -0.2) is 4.98 Å². The SMILES string of the molecule is CC[C@@H]1CCCCN1C(=O)c1csc(NC(C)=O)n1. The Bertz CT molecular complexity index is 472. The van der Waals surface area contributed by atoms with Gasteiger partial charge in [0.2, 0.25) is 5.91 Å². The summed E-state index contributed by atoms with van der Waals surface area (Å²) in [4.78, 5) is 29.5. The van der Waals surface area contributed by atoms with Crippen LogP contribution in [0.3, 0.4) is 0 Å². The van der Waals surface area contributed by atoms with Crippen molar-refractivity contribution >= 4 is 28.3 Å². The molecule has 0 spiro atoms. The first kappa shape index (κ1) is 14.0. The second-order valence-corrected chi connectivity index (χ2v) is 5.63. The Morgan fingerprint density at radius 1 is 1.53 bits per heavy atom. The number of hydrogen-bond donors (Lipinski definition) is 1. The second-order valence-electron chi connectivity index (χ2n) is 4.78. The van der Waals surface area contributed by atoms with Crippen LogP contribution in [0.4, 0.5) is 5.13 Å². The minimum Gasteiger partial charge on any atom is -0.334 e. The summed E-state index contributed by atoms with van der Waals surface area (Å²) < 4.78 is 0. The number of carbonyl (C=O) groups is 2. The summed E-state index contributed by atoms with van der Waals surface area (Å²) in [6.07, 6.45) is 4.31. The van der Waals surface area contributed by atoms with E-state index in [1.165, 1.54) is 24.7 Å². The van der Waals surface area contributed by atoms with E-state index in [0.29, 0.717) is 16.9 Å². The van der Waals surface area contributed by atoms with Crippen LogP contribution in [0.1, 0.15) is 50.0 Å². The molecule has 1 aliphatic heterocycles. The fraction of sp³-hybridized carbons (Fsp3) is 0.615. The molecule has 2 rings (SSSR count). The van der Waals surface area contributed by atoms with Crippen LogP contribution < -0.4 is 5.32 Å². The van der Waals surface area contributed by atoms with Gasteiger partial charge in [0.05, 0.1) is 0 Å². The predicted molar refractivity (Wildman–Crippen MR) is 75.4 cm³/mol. The van der Waals surface area contributed by atoms with Gasteiger partial charge >= 0.3 is 0 Å². The summed E-state index contributed by atoms with van der Waals surface area (Å²) in [7, 11) is 0. The van der Waals surface area contributed by atoms with E-state index in [1.54, 1.807) is 5.38 Å². The lowest BCUT2D eigenvalue weighted by Gasteiger charge is -2.34. The van der Waals surface area contributed by atoms with Gasteiger partial charge < -0.3 is 10.2 Å². The van der Waals surface area contributed by atoms with Crippen LogP contribution in [0.2, 0.25) is 0 Å². The van der Waals surface area contributed by atoms with Crippen LogP contribution >= 0.6 is 11.3 Å². The number of nitrogens with one attached hydrogen (secondary N) is 1. The number of likely N-dealkylation sites (tertiary alicyclic amines) is 1. The summed E-state index contributed by atoms with van der Waals surface area (Å²) in [5.74, 6) is -0.183. The first-order chi connectivity index (χ1) is 9.11. The molecular weight excluding hydrogens is 262 g/mol. The van der Waals surface area contributed by atoms with Gasteiger partial charge in [0.15, 0.2) is 5.13 Å². The quantitative estimate of drug-likeness (QED) is 0.926. The lowest BCUT2D eigenvalue weighted by molar-refractivity contribution is -0.114. The highest BCUT2D eigenvalue weighted by Gasteiger charge is 2.27. The molecule has 104 valence electrons. The Balaban J connectivity index is 2.09. The fourth-order valence-electron chi connectivity index (χ4n) is 2.42. The molecular formula is C13H19N3O2S. The molecule has 1 aliphatic rings. The Kier molecular flexibility index (Phi) is 4.52. The Labute approximate surface area is 117 Å². The zero-order valence-corrected chi connectivity index (χ0v) is 12.1. The average Bonchev–Trinajstić information content (AvgIpc) is 2.85. The highest BCUT2D eigenvalue weighted by Crippen LogP contribution is 2.23. The lowest BCUT2D eigenvalue weighted by atomic mass is 10.00. The first-order valence-corrected chi connectivity index (χ1v) is 7.54. The normalized spacial score (nSPS) is 19.3. The molecule has 1 aromatic heterocycles. The van der Waals surface area contributed by atoms with E-state index in [0.717, 1.165) is 25.8 Å². The maximum Gasteiger partial charge on any atom is 0.273 e. The molecule has 0 bridgehead atoms. The van der Waals surface area contributed by atoms with Crippen molar-refractivity contribution in [3.05, 3.63) is 11.1 Å². The second kappa shape index (κ2) is 6.14. The number of anilines is 1. The summed E-state index contributed by atoms with van der Waals surface area (Å²) in [5.41, 5.74) is 0.439. The van der Waals surface area contributed by atoms with Crippen LogP contribution in [0.15, 0.2) is 5.38 Å². The molecule has 2 amide bonds. The molecule has 5 nitrogen and oxygen atoms in total. The minimum absolute atomic E-state index is 0.0144. The van der Waals surface area contributed by atoms with Crippen molar-refractivity contribution in [1.82, 2.24) is 9.88 Å². The van der Waals surface area contributed by atoms with Crippen LogP contribution in [0.5, 0.6) is 0 Å². The number of rotatable bonds is 3. The van der Waals surface area contributed by atoms with Gasteiger partial charge in [-0.05, 0) is 25.7 Å². The first-order valence-electron chi connectivity index (χ1n) is 6.66. The average molecular weight is 281 g/mol. The monoisotopic (exact) mass is 281 g/mol. The van der Waals surface area contributed by atoms with E-state index in [-0.39, 0.29) is 11.8 Å². The van der Waals surface area contributed by atoms with E-state index in [4.69, 9.17) is 0 Å². The molecule has 19 heavy (non-hydrogen) atoms. The third-order valence-electron chi connectivity index (χ3n) is 3.37. The van der Waals surface area contributed by atoms with E-state index >= 15 is 0 Å². The van der Waals surface area contributed by atoms with Gasteiger partial charge in [-0.2, -0.15) is 0 Å². The number of piperidine rings is 1. The summed E-state index contributed by atoms with van der Waals surface area (Å²) >= 11 is 1.29. The lowest BCUT2D eigenvalue weighted by Crippen LogP contribution is -2.43. The summed E-state index contributed by atoms with van der Waals surface area (Å²) in [6.45, 7) is 4.35. The predicted octanol–water partition coefficient (Wildman–Crippen LogP) is 2.51. The molecule has 6 heteroatoms. The molecule has 2 heterocycles. The van der Waals surface area contributed by atoms with Crippen molar-refractivity contribution in [2.45, 2.75) is 45.6 Å². The zero-order valence-electron chi connectivity index (χ0n) is 11.3. The topological polar surface area (TPSA) is 62.3 Å². The maximum absolute atomic E-state index is 12.4. The Morgan fingerprint density at radius 2 is 2.32 bits per heavy atom. The van der Waals surface area contributed by atoms with E-state index in [2.05, 4.69) is 17.2 Å². The number of nitrogens with zero attached hydrogens (tertiary/aromatic N) is 2. The van der Waals surface area contributed by atoms with Crippen molar-refractivity contribution in [2.75, 3.05) is 11.9 Å². The largest absolute Gasteiger partial charge is 0.334 e.